The Labute approximate surface area is 101 Å². The molecular weight excluding hydrogens is 220 g/mol. The molecule has 0 saturated heterocycles. The Kier molecular flexibility index (Phi) is 4.90. The van der Waals surface area contributed by atoms with Crippen molar-refractivity contribution in [3.8, 4) is 0 Å². The number of methoxy groups -OCH3 is 1. The van der Waals surface area contributed by atoms with Crippen molar-refractivity contribution >= 4 is 11.7 Å². The zero-order valence-electron chi connectivity index (χ0n) is 10.4. The Hall–Kier alpha value is -1.62. The third-order valence-corrected chi connectivity index (χ3v) is 2.31. The molecule has 1 unspecified atom stereocenters. The number of aromatic nitrogens is 1. The molecule has 1 heterocycles. The quantitative estimate of drug-likeness (QED) is 0.747. The van der Waals surface area contributed by atoms with E-state index in [1.807, 2.05) is 6.92 Å². The van der Waals surface area contributed by atoms with E-state index in [9.17, 15) is 9.59 Å². The Morgan fingerprint density at radius 2 is 2.24 bits per heavy atom. The SMILES string of the molecule is COCC(C)NC(=O)Cn1ccc(C(C)=O)c1. The van der Waals surface area contributed by atoms with E-state index in [-0.39, 0.29) is 24.3 Å². The van der Waals surface area contributed by atoms with E-state index in [4.69, 9.17) is 4.74 Å². The molecule has 0 bridgehead atoms. The molecule has 0 saturated carbocycles. The molecule has 0 aliphatic carbocycles. The van der Waals surface area contributed by atoms with E-state index < -0.39 is 0 Å². The van der Waals surface area contributed by atoms with Crippen LogP contribution >= 0.6 is 0 Å². The molecule has 0 spiro atoms. The fraction of sp³-hybridized carbons (Fsp3) is 0.500. The van der Waals surface area contributed by atoms with Gasteiger partial charge in [-0.15, -0.1) is 0 Å². The monoisotopic (exact) mass is 238 g/mol. The Morgan fingerprint density at radius 1 is 1.53 bits per heavy atom. The van der Waals surface area contributed by atoms with Crippen molar-refractivity contribution in [2.75, 3.05) is 13.7 Å². The van der Waals surface area contributed by atoms with E-state index in [0.29, 0.717) is 12.2 Å². The van der Waals surface area contributed by atoms with Gasteiger partial charge in [0, 0.05) is 31.1 Å². The van der Waals surface area contributed by atoms with Gasteiger partial charge in [0.1, 0.15) is 6.54 Å². The molecule has 0 radical (unpaired) electrons. The van der Waals surface area contributed by atoms with Crippen molar-refractivity contribution in [3.05, 3.63) is 24.0 Å². The van der Waals surface area contributed by atoms with Crippen molar-refractivity contribution in [3.63, 3.8) is 0 Å². The number of carbonyl (C=O) groups is 2. The zero-order valence-corrected chi connectivity index (χ0v) is 10.4. The van der Waals surface area contributed by atoms with Crippen LogP contribution in [0.4, 0.5) is 0 Å². The van der Waals surface area contributed by atoms with Crippen LogP contribution in [0, 0.1) is 0 Å². The number of nitrogens with zero attached hydrogens (tertiary/aromatic N) is 1. The summed E-state index contributed by atoms with van der Waals surface area (Å²) in [5, 5.41) is 2.80. The van der Waals surface area contributed by atoms with E-state index in [0.717, 1.165) is 0 Å². The summed E-state index contributed by atoms with van der Waals surface area (Å²) in [5.74, 6) is -0.0999. The van der Waals surface area contributed by atoms with Gasteiger partial charge in [0.25, 0.3) is 0 Å². The minimum Gasteiger partial charge on any atom is -0.383 e. The third-order valence-electron chi connectivity index (χ3n) is 2.31. The van der Waals surface area contributed by atoms with Gasteiger partial charge in [-0.3, -0.25) is 9.59 Å². The van der Waals surface area contributed by atoms with Crippen LogP contribution in [0.2, 0.25) is 0 Å². The van der Waals surface area contributed by atoms with Crippen LogP contribution in [0.15, 0.2) is 18.5 Å². The van der Waals surface area contributed by atoms with Crippen LogP contribution < -0.4 is 5.32 Å². The molecule has 1 amide bonds. The average molecular weight is 238 g/mol. The van der Waals surface area contributed by atoms with Crippen LogP contribution in [0.3, 0.4) is 0 Å². The first-order valence-electron chi connectivity index (χ1n) is 5.48. The number of ether oxygens (including phenoxy) is 1. The highest BCUT2D eigenvalue weighted by Crippen LogP contribution is 2.02. The second-order valence-corrected chi connectivity index (χ2v) is 4.05. The highest BCUT2D eigenvalue weighted by atomic mass is 16.5. The summed E-state index contributed by atoms with van der Waals surface area (Å²) in [6.45, 7) is 4.07. The summed E-state index contributed by atoms with van der Waals surface area (Å²) in [7, 11) is 1.59. The lowest BCUT2D eigenvalue weighted by Crippen LogP contribution is -2.37. The van der Waals surface area contributed by atoms with Crippen molar-refractivity contribution in [2.24, 2.45) is 0 Å². The van der Waals surface area contributed by atoms with Gasteiger partial charge in [0.15, 0.2) is 5.78 Å². The van der Waals surface area contributed by atoms with Crippen molar-refractivity contribution < 1.29 is 14.3 Å². The number of rotatable bonds is 6. The summed E-state index contributed by atoms with van der Waals surface area (Å²) in [6, 6.07) is 1.68. The summed E-state index contributed by atoms with van der Waals surface area (Å²) < 4.78 is 6.61. The Morgan fingerprint density at radius 3 is 2.76 bits per heavy atom. The first-order valence-corrected chi connectivity index (χ1v) is 5.48. The summed E-state index contributed by atoms with van der Waals surface area (Å²) in [6.07, 6.45) is 3.39. The highest BCUT2D eigenvalue weighted by Gasteiger charge is 2.08. The summed E-state index contributed by atoms with van der Waals surface area (Å²) in [5.41, 5.74) is 0.614. The van der Waals surface area contributed by atoms with Crippen molar-refractivity contribution in [1.29, 1.82) is 0 Å². The number of hydrogen-bond donors (Lipinski definition) is 1. The molecule has 1 atom stereocenters. The predicted octanol–water partition coefficient (Wildman–Crippen LogP) is 0.842. The second kappa shape index (κ2) is 6.20. The van der Waals surface area contributed by atoms with Crippen LogP contribution in [-0.2, 0) is 16.1 Å². The maximum atomic E-state index is 11.6. The number of ketones is 1. The molecule has 1 rings (SSSR count). The lowest BCUT2D eigenvalue weighted by atomic mass is 10.2. The van der Waals surface area contributed by atoms with Gasteiger partial charge in [-0.25, -0.2) is 0 Å². The number of Topliss-reactive ketones (excluding diaryl/α,β-unsaturated/α-hetero) is 1. The number of nitrogens with one attached hydrogen (secondary N) is 1. The topological polar surface area (TPSA) is 60.3 Å². The van der Waals surface area contributed by atoms with Gasteiger partial charge in [-0.1, -0.05) is 0 Å². The highest BCUT2D eigenvalue weighted by molar-refractivity contribution is 5.93. The Balaban J connectivity index is 2.47. The zero-order chi connectivity index (χ0) is 12.8. The molecule has 5 nitrogen and oxygen atoms in total. The Bertz CT molecular complexity index is 398. The minimum absolute atomic E-state index is 0.00286. The molecule has 17 heavy (non-hydrogen) atoms. The van der Waals surface area contributed by atoms with Gasteiger partial charge < -0.3 is 14.6 Å². The van der Waals surface area contributed by atoms with E-state index in [1.54, 1.807) is 30.1 Å². The van der Waals surface area contributed by atoms with E-state index in [1.165, 1.54) is 6.92 Å². The molecule has 5 heteroatoms. The lowest BCUT2D eigenvalue weighted by Gasteiger charge is -2.12. The molecule has 0 aliphatic heterocycles. The fourth-order valence-corrected chi connectivity index (χ4v) is 1.53. The molecule has 1 N–H and O–H groups in total. The summed E-state index contributed by atoms with van der Waals surface area (Å²) in [4.78, 5) is 22.7. The smallest absolute Gasteiger partial charge is 0.240 e. The predicted molar refractivity (Wildman–Crippen MR) is 63.9 cm³/mol. The van der Waals surface area contributed by atoms with Gasteiger partial charge in [0.2, 0.25) is 5.91 Å². The normalized spacial score (nSPS) is 12.2. The standard InChI is InChI=1S/C12H18N2O3/c1-9(8-17-3)13-12(16)7-14-5-4-11(6-14)10(2)15/h4-6,9H,7-8H2,1-3H3,(H,13,16). The molecule has 0 fully saturated rings. The van der Waals surface area contributed by atoms with Gasteiger partial charge >= 0.3 is 0 Å². The number of hydrogen-bond acceptors (Lipinski definition) is 3. The van der Waals surface area contributed by atoms with Gasteiger partial charge in [0.05, 0.1) is 6.61 Å². The molecule has 1 aromatic rings. The van der Waals surface area contributed by atoms with Crippen LogP contribution in [0.25, 0.3) is 0 Å². The minimum atomic E-state index is -0.0970. The number of amides is 1. The molecule has 0 aliphatic rings. The fourth-order valence-electron chi connectivity index (χ4n) is 1.53. The van der Waals surface area contributed by atoms with Crippen LogP contribution in [0.5, 0.6) is 0 Å². The van der Waals surface area contributed by atoms with E-state index in [2.05, 4.69) is 5.32 Å². The first-order chi connectivity index (χ1) is 8.02. The van der Waals surface area contributed by atoms with Crippen molar-refractivity contribution in [1.82, 2.24) is 9.88 Å². The lowest BCUT2D eigenvalue weighted by molar-refractivity contribution is -0.122. The largest absolute Gasteiger partial charge is 0.383 e. The van der Waals surface area contributed by atoms with Crippen LogP contribution in [-0.4, -0.2) is 36.0 Å². The van der Waals surface area contributed by atoms with Crippen molar-refractivity contribution in [2.45, 2.75) is 26.4 Å². The van der Waals surface area contributed by atoms with Gasteiger partial charge in [-0.2, -0.15) is 0 Å². The maximum Gasteiger partial charge on any atom is 0.240 e. The maximum absolute atomic E-state index is 11.6. The first kappa shape index (κ1) is 13.4. The molecule has 94 valence electrons. The van der Waals surface area contributed by atoms with Gasteiger partial charge in [-0.05, 0) is 19.9 Å². The number of carbonyl (C=O) groups excluding carboxylic acids is 2. The second-order valence-electron chi connectivity index (χ2n) is 4.05. The van der Waals surface area contributed by atoms with Crippen LogP contribution in [0.1, 0.15) is 24.2 Å². The molecule has 0 aromatic carbocycles. The third kappa shape index (κ3) is 4.40. The molecule has 1 aromatic heterocycles. The molecular formula is C12H18N2O3. The van der Waals surface area contributed by atoms with E-state index >= 15 is 0 Å². The average Bonchev–Trinajstić information content (AvgIpc) is 2.66. The summed E-state index contributed by atoms with van der Waals surface area (Å²) >= 11 is 0.